The topological polar surface area (TPSA) is 29.1 Å². The van der Waals surface area contributed by atoms with E-state index in [2.05, 4.69) is 41.8 Å². The van der Waals surface area contributed by atoms with Crippen LogP contribution in [0.3, 0.4) is 0 Å². The molecular weight excluding hydrogens is 325 g/mol. The van der Waals surface area contributed by atoms with Gasteiger partial charge in [0.05, 0.1) is 5.56 Å². The fourth-order valence-corrected chi connectivity index (χ4v) is 2.25. The quantitative estimate of drug-likeness (QED) is 0.616. The van der Waals surface area contributed by atoms with Gasteiger partial charge in [-0.25, -0.2) is 0 Å². The molecule has 1 amide bonds. The van der Waals surface area contributed by atoms with Crippen molar-refractivity contribution in [1.29, 1.82) is 0 Å². The van der Waals surface area contributed by atoms with E-state index < -0.39 is 0 Å². The van der Waals surface area contributed by atoms with Crippen molar-refractivity contribution in [2.45, 2.75) is 33.1 Å². The third kappa shape index (κ3) is 5.52. The van der Waals surface area contributed by atoms with Crippen molar-refractivity contribution >= 4 is 28.5 Å². The highest BCUT2D eigenvalue weighted by Gasteiger charge is 2.07. The van der Waals surface area contributed by atoms with Crippen molar-refractivity contribution < 1.29 is 4.79 Å². The Balaban J connectivity index is 2.29. The van der Waals surface area contributed by atoms with E-state index in [9.17, 15) is 4.79 Å². The van der Waals surface area contributed by atoms with Crippen LogP contribution in [0.5, 0.6) is 0 Å². The van der Waals surface area contributed by atoms with Gasteiger partial charge in [0.1, 0.15) is 0 Å². The number of hydrogen-bond donors (Lipinski definition) is 1. The molecule has 0 heterocycles. The standard InChI is InChI=1S/C14H20INO/c1-11(2)7-5-6-10-16-14(17)12-8-3-4-9-13(12)15/h3-4,8-9,11H,5-7,10H2,1-2H3,(H,16,17). The lowest BCUT2D eigenvalue weighted by atomic mass is 10.1. The second-order valence-corrected chi connectivity index (χ2v) is 5.79. The number of hydrogen-bond acceptors (Lipinski definition) is 1. The fourth-order valence-electron chi connectivity index (χ4n) is 1.62. The molecule has 0 bridgehead atoms. The molecule has 0 aliphatic rings. The Morgan fingerprint density at radius 3 is 2.65 bits per heavy atom. The third-order valence-corrected chi connectivity index (χ3v) is 3.55. The minimum absolute atomic E-state index is 0.0412. The van der Waals surface area contributed by atoms with Gasteiger partial charge in [-0.05, 0) is 47.1 Å². The van der Waals surface area contributed by atoms with E-state index >= 15 is 0 Å². The summed E-state index contributed by atoms with van der Waals surface area (Å²) in [4.78, 5) is 11.8. The minimum Gasteiger partial charge on any atom is -0.352 e. The molecule has 94 valence electrons. The number of amides is 1. The van der Waals surface area contributed by atoms with Gasteiger partial charge in [-0.15, -0.1) is 0 Å². The molecule has 2 nitrogen and oxygen atoms in total. The second-order valence-electron chi connectivity index (χ2n) is 4.63. The lowest BCUT2D eigenvalue weighted by Crippen LogP contribution is -2.25. The number of unbranched alkanes of at least 4 members (excludes halogenated alkanes) is 1. The van der Waals surface area contributed by atoms with Crippen LogP contribution >= 0.6 is 22.6 Å². The Labute approximate surface area is 117 Å². The van der Waals surface area contributed by atoms with E-state index in [1.54, 1.807) is 0 Å². The van der Waals surface area contributed by atoms with E-state index in [4.69, 9.17) is 0 Å². The van der Waals surface area contributed by atoms with Gasteiger partial charge in [0.15, 0.2) is 0 Å². The first-order valence-corrected chi connectivity index (χ1v) is 7.22. The van der Waals surface area contributed by atoms with Crippen LogP contribution in [-0.4, -0.2) is 12.5 Å². The van der Waals surface area contributed by atoms with Crippen LogP contribution in [-0.2, 0) is 0 Å². The van der Waals surface area contributed by atoms with E-state index in [1.807, 2.05) is 24.3 Å². The van der Waals surface area contributed by atoms with E-state index in [0.29, 0.717) is 0 Å². The van der Waals surface area contributed by atoms with Crippen LogP contribution in [0.4, 0.5) is 0 Å². The molecule has 1 aromatic rings. The maximum atomic E-state index is 11.8. The number of carbonyl (C=O) groups excluding carboxylic acids is 1. The minimum atomic E-state index is 0.0412. The van der Waals surface area contributed by atoms with Crippen LogP contribution < -0.4 is 5.32 Å². The molecule has 0 atom stereocenters. The van der Waals surface area contributed by atoms with Gasteiger partial charge in [-0.2, -0.15) is 0 Å². The second kappa shape index (κ2) is 7.69. The molecule has 0 radical (unpaired) electrons. The summed E-state index contributed by atoms with van der Waals surface area (Å²) in [5.74, 6) is 0.792. The molecule has 1 rings (SSSR count). The van der Waals surface area contributed by atoms with Crippen LogP contribution in [0.15, 0.2) is 24.3 Å². The number of halogens is 1. The van der Waals surface area contributed by atoms with E-state index in [1.165, 1.54) is 12.8 Å². The first-order chi connectivity index (χ1) is 8.11. The molecule has 0 aromatic heterocycles. The normalized spacial score (nSPS) is 10.6. The van der Waals surface area contributed by atoms with Gasteiger partial charge in [0.25, 0.3) is 5.91 Å². The molecule has 0 saturated carbocycles. The molecule has 0 fully saturated rings. The zero-order valence-corrected chi connectivity index (χ0v) is 12.7. The van der Waals surface area contributed by atoms with Crippen LogP contribution in [0.2, 0.25) is 0 Å². The number of benzene rings is 1. The fraction of sp³-hybridized carbons (Fsp3) is 0.500. The van der Waals surface area contributed by atoms with Crippen molar-refractivity contribution in [3.05, 3.63) is 33.4 Å². The summed E-state index contributed by atoms with van der Waals surface area (Å²) in [5, 5.41) is 2.97. The average molecular weight is 345 g/mol. The summed E-state index contributed by atoms with van der Waals surface area (Å²) in [6, 6.07) is 7.66. The summed E-state index contributed by atoms with van der Waals surface area (Å²) >= 11 is 2.19. The monoisotopic (exact) mass is 345 g/mol. The lowest BCUT2D eigenvalue weighted by Gasteiger charge is -2.07. The molecule has 3 heteroatoms. The highest BCUT2D eigenvalue weighted by atomic mass is 127. The van der Waals surface area contributed by atoms with Crippen LogP contribution in [0.1, 0.15) is 43.5 Å². The van der Waals surface area contributed by atoms with Gasteiger partial charge in [-0.3, -0.25) is 4.79 Å². The largest absolute Gasteiger partial charge is 0.352 e. The molecule has 0 unspecified atom stereocenters. The maximum Gasteiger partial charge on any atom is 0.252 e. The summed E-state index contributed by atoms with van der Waals surface area (Å²) in [6.45, 7) is 5.23. The third-order valence-electron chi connectivity index (χ3n) is 2.61. The Kier molecular flexibility index (Phi) is 6.55. The lowest BCUT2D eigenvalue weighted by molar-refractivity contribution is 0.0952. The molecule has 1 N–H and O–H groups in total. The highest BCUT2D eigenvalue weighted by Crippen LogP contribution is 2.11. The Hall–Kier alpha value is -0.580. The maximum absolute atomic E-state index is 11.8. The van der Waals surface area contributed by atoms with Crippen LogP contribution in [0.25, 0.3) is 0 Å². The predicted molar refractivity (Wildman–Crippen MR) is 80.2 cm³/mol. The first-order valence-electron chi connectivity index (χ1n) is 6.14. The van der Waals surface area contributed by atoms with Gasteiger partial charge >= 0.3 is 0 Å². The molecule has 0 spiro atoms. The zero-order valence-electron chi connectivity index (χ0n) is 10.5. The van der Waals surface area contributed by atoms with E-state index in [0.717, 1.165) is 28.0 Å². The van der Waals surface area contributed by atoms with Gasteiger partial charge < -0.3 is 5.32 Å². The zero-order chi connectivity index (χ0) is 12.7. The van der Waals surface area contributed by atoms with Crippen molar-refractivity contribution in [2.75, 3.05) is 6.54 Å². The van der Waals surface area contributed by atoms with Crippen molar-refractivity contribution in [3.63, 3.8) is 0 Å². The SMILES string of the molecule is CC(C)CCCCNC(=O)c1ccccc1I. The van der Waals surface area contributed by atoms with Gasteiger partial charge in [0.2, 0.25) is 0 Å². The van der Waals surface area contributed by atoms with Crippen molar-refractivity contribution in [1.82, 2.24) is 5.32 Å². The Morgan fingerprint density at radius 1 is 1.29 bits per heavy atom. The van der Waals surface area contributed by atoms with Crippen LogP contribution in [0, 0.1) is 9.49 Å². The van der Waals surface area contributed by atoms with Crippen molar-refractivity contribution in [2.24, 2.45) is 5.92 Å². The summed E-state index contributed by atoms with van der Waals surface area (Å²) in [7, 11) is 0. The number of nitrogens with one attached hydrogen (secondary N) is 1. The smallest absolute Gasteiger partial charge is 0.252 e. The van der Waals surface area contributed by atoms with Gasteiger partial charge in [-0.1, -0.05) is 38.8 Å². The molecule has 1 aromatic carbocycles. The number of carbonyl (C=O) groups is 1. The summed E-state index contributed by atoms with van der Waals surface area (Å²) in [5.41, 5.74) is 0.775. The molecule has 0 aliphatic carbocycles. The summed E-state index contributed by atoms with van der Waals surface area (Å²) in [6.07, 6.45) is 3.48. The Bertz CT molecular complexity index is 363. The highest BCUT2D eigenvalue weighted by molar-refractivity contribution is 14.1. The Morgan fingerprint density at radius 2 is 2.00 bits per heavy atom. The summed E-state index contributed by atoms with van der Waals surface area (Å²) < 4.78 is 1.00. The van der Waals surface area contributed by atoms with Gasteiger partial charge in [0, 0.05) is 10.1 Å². The first kappa shape index (κ1) is 14.5. The molecule has 0 saturated heterocycles. The van der Waals surface area contributed by atoms with Crippen molar-refractivity contribution in [3.8, 4) is 0 Å². The molecular formula is C14H20INO. The molecule has 17 heavy (non-hydrogen) atoms. The van der Waals surface area contributed by atoms with E-state index in [-0.39, 0.29) is 5.91 Å². The molecule has 0 aliphatic heterocycles. The average Bonchev–Trinajstić information content (AvgIpc) is 2.28. The number of rotatable bonds is 6. The predicted octanol–water partition coefficient (Wildman–Crippen LogP) is 3.85.